The highest BCUT2D eigenvalue weighted by Gasteiger charge is 2.13. The van der Waals surface area contributed by atoms with Gasteiger partial charge in [0.2, 0.25) is 0 Å². The minimum Gasteiger partial charge on any atom is -0.368 e. The van der Waals surface area contributed by atoms with Gasteiger partial charge in [-0.2, -0.15) is 5.26 Å². The summed E-state index contributed by atoms with van der Waals surface area (Å²) >= 11 is 1.44. The summed E-state index contributed by atoms with van der Waals surface area (Å²) in [5, 5.41) is 12.2. The summed E-state index contributed by atoms with van der Waals surface area (Å²) < 4.78 is 0. The Morgan fingerprint density at radius 1 is 1.26 bits per heavy atom. The molecule has 0 aliphatic carbocycles. The van der Waals surface area contributed by atoms with Crippen molar-refractivity contribution in [3.05, 3.63) is 28.4 Å². The topological polar surface area (TPSA) is 61.6 Å². The summed E-state index contributed by atoms with van der Waals surface area (Å²) in [5.74, 6) is 0.802. The van der Waals surface area contributed by atoms with E-state index in [0.717, 1.165) is 40.7 Å². The van der Waals surface area contributed by atoms with Gasteiger partial charge in [-0.25, -0.2) is 9.97 Å². The Kier molecular flexibility index (Phi) is 4.13. The molecule has 0 aliphatic rings. The maximum absolute atomic E-state index is 8.92. The van der Waals surface area contributed by atoms with Gasteiger partial charge in [0.25, 0.3) is 0 Å². The number of nitrogens with one attached hydrogen (secondary N) is 1. The highest BCUT2D eigenvalue weighted by molar-refractivity contribution is 7.16. The van der Waals surface area contributed by atoms with Crippen molar-refractivity contribution in [2.45, 2.75) is 27.2 Å². The van der Waals surface area contributed by atoms with E-state index >= 15 is 0 Å². The number of aromatic nitrogens is 2. The lowest BCUT2D eigenvalue weighted by atomic mass is 10.2. The van der Waals surface area contributed by atoms with Gasteiger partial charge in [-0.05, 0) is 32.4 Å². The lowest BCUT2D eigenvalue weighted by molar-refractivity contribution is 0.954. The molecule has 0 atom stereocenters. The maximum Gasteiger partial charge on any atom is 0.153 e. The number of nitrogens with zero attached hydrogens (tertiary/aromatic N) is 3. The zero-order valence-electron chi connectivity index (χ0n) is 11.3. The molecule has 0 saturated carbocycles. The van der Waals surface area contributed by atoms with Gasteiger partial charge in [0, 0.05) is 6.54 Å². The van der Waals surface area contributed by atoms with Gasteiger partial charge in [-0.3, -0.25) is 0 Å². The predicted molar refractivity (Wildman–Crippen MR) is 78.3 cm³/mol. The Balaban J connectivity index is 2.47. The summed E-state index contributed by atoms with van der Waals surface area (Å²) in [6, 6.07) is 5.91. The van der Waals surface area contributed by atoms with Crippen molar-refractivity contribution in [2.24, 2.45) is 0 Å². The molecule has 19 heavy (non-hydrogen) atoms. The lowest BCUT2D eigenvalue weighted by Crippen LogP contribution is -2.07. The fraction of sp³-hybridized carbons (Fsp3) is 0.357. The van der Waals surface area contributed by atoms with Crippen molar-refractivity contribution in [1.29, 1.82) is 5.26 Å². The van der Waals surface area contributed by atoms with Crippen molar-refractivity contribution in [2.75, 3.05) is 11.9 Å². The van der Waals surface area contributed by atoms with Gasteiger partial charge in [0.15, 0.2) is 5.82 Å². The van der Waals surface area contributed by atoms with Crippen LogP contribution in [-0.2, 0) is 0 Å². The Bertz CT molecular complexity index is 625. The number of anilines is 1. The van der Waals surface area contributed by atoms with Crippen LogP contribution in [0.4, 0.5) is 5.82 Å². The van der Waals surface area contributed by atoms with E-state index in [9.17, 15) is 0 Å². The van der Waals surface area contributed by atoms with Gasteiger partial charge in [0.05, 0.1) is 16.3 Å². The van der Waals surface area contributed by atoms with Crippen LogP contribution < -0.4 is 5.32 Å². The Hall–Kier alpha value is -1.93. The molecule has 1 N–H and O–H groups in total. The SMILES string of the molecule is CCCNc1nc(C)c(C)nc1-c1ccc(C#N)s1. The second-order valence-corrected chi connectivity index (χ2v) is 5.38. The van der Waals surface area contributed by atoms with Crippen LogP contribution in [0, 0.1) is 25.2 Å². The lowest BCUT2D eigenvalue weighted by Gasteiger charge is -2.11. The van der Waals surface area contributed by atoms with E-state index in [0.29, 0.717) is 4.88 Å². The van der Waals surface area contributed by atoms with Gasteiger partial charge in [0.1, 0.15) is 16.6 Å². The third-order valence-electron chi connectivity index (χ3n) is 2.80. The summed E-state index contributed by atoms with van der Waals surface area (Å²) in [7, 11) is 0. The molecule has 2 aromatic heterocycles. The van der Waals surface area contributed by atoms with Crippen molar-refractivity contribution in [1.82, 2.24) is 9.97 Å². The molecule has 0 aliphatic heterocycles. The van der Waals surface area contributed by atoms with E-state index in [2.05, 4.69) is 28.3 Å². The minimum absolute atomic E-state index is 0.691. The molecule has 2 heterocycles. The molecule has 0 aromatic carbocycles. The monoisotopic (exact) mass is 272 g/mol. The molecule has 2 rings (SSSR count). The first-order chi connectivity index (χ1) is 9.15. The summed E-state index contributed by atoms with van der Waals surface area (Å²) in [6.45, 7) is 6.88. The molecule has 4 nitrogen and oxygen atoms in total. The zero-order chi connectivity index (χ0) is 13.8. The van der Waals surface area contributed by atoms with E-state index in [1.807, 2.05) is 26.0 Å². The second kappa shape index (κ2) is 5.81. The predicted octanol–water partition coefficient (Wildman–Crippen LogP) is 3.52. The number of rotatable bonds is 4. The molecule has 0 fully saturated rings. The largest absolute Gasteiger partial charge is 0.368 e. The summed E-state index contributed by atoms with van der Waals surface area (Å²) in [5.41, 5.74) is 2.69. The third-order valence-corrected chi connectivity index (χ3v) is 3.80. The molecule has 98 valence electrons. The van der Waals surface area contributed by atoms with E-state index in [1.54, 1.807) is 0 Å². The van der Waals surface area contributed by atoms with Gasteiger partial charge in [-0.15, -0.1) is 11.3 Å². The summed E-state index contributed by atoms with van der Waals surface area (Å²) in [4.78, 5) is 10.9. The average molecular weight is 272 g/mol. The number of hydrogen-bond acceptors (Lipinski definition) is 5. The molecule has 2 aromatic rings. The molecule has 0 amide bonds. The molecule has 5 heteroatoms. The fourth-order valence-electron chi connectivity index (χ4n) is 1.67. The maximum atomic E-state index is 8.92. The fourth-order valence-corrected chi connectivity index (χ4v) is 2.46. The van der Waals surface area contributed by atoms with Gasteiger partial charge >= 0.3 is 0 Å². The Morgan fingerprint density at radius 2 is 2.00 bits per heavy atom. The standard InChI is InChI=1S/C14H16N4S/c1-4-7-16-14-13(17-9(2)10(3)18-14)12-6-5-11(8-15)19-12/h5-6H,4,7H2,1-3H3,(H,16,18). The van der Waals surface area contributed by atoms with Gasteiger partial charge < -0.3 is 5.32 Å². The van der Waals surface area contributed by atoms with Crippen LogP contribution in [0.3, 0.4) is 0 Å². The quantitative estimate of drug-likeness (QED) is 0.925. The van der Waals surface area contributed by atoms with Crippen LogP contribution in [0.2, 0.25) is 0 Å². The second-order valence-electron chi connectivity index (χ2n) is 4.29. The van der Waals surface area contributed by atoms with Crippen molar-refractivity contribution >= 4 is 17.2 Å². The normalized spacial score (nSPS) is 10.2. The summed E-state index contributed by atoms with van der Waals surface area (Å²) in [6.07, 6.45) is 1.03. The number of hydrogen-bond donors (Lipinski definition) is 1. The number of thiophene rings is 1. The molecule has 0 saturated heterocycles. The first kappa shape index (κ1) is 13.5. The van der Waals surface area contributed by atoms with Crippen LogP contribution >= 0.6 is 11.3 Å². The number of nitriles is 1. The highest BCUT2D eigenvalue weighted by atomic mass is 32.1. The minimum atomic E-state index is 0.691. The Labute approximate surface area is 117 Å². The molecular weight excluding hydrogens is 256 g/mol. The van der Waals surface area contributed by atoms with E-state index in [1.165, 1.54) is 11.3 Å². The van der Waals surface area contributed by atoms with Crippen LogP contribution in [-0.4, -0.2) is 16.5 Å². The van der Waals surface area contributed by atoms with Crippen molar-refractivity contribution < 1.29 is 0 Å². The smallest absolute Gasteiger partial charge is 0.153 e. The van der Waals surface area contributed by atoms with Gasteiger partial charge in [-0.1, -0.05) is 6.92 Å². The van der Waals surface area contributed by atoms with E-state index < -0.39 is 0 Å². The first-order valence-electron chi connectivity index (χ1n) is 6.25. The molecule has 0 bridgehead atoms. The number of aryl methyl sites for hydroxylation is 2. The molecule has 0 radical (unpaired) electrons. The van der Waals surface area contributed by atoms with Crippen LogP contribution in [0.1, 0.15) is 29.6 Å². The highest BCUT2D eigenvalue weighted by Crippen LogP contribution is 2.31. The average Bonchev–Trinajstić information content (AvgIpc) is 2.88. The Morgan fingerprint density at radius 3 is 2.63 bits per heavy atom. The van der Waals surface area contributed by atoms with Crippen LogP contribution in [0.5, 0.6) is 0 Å². The van der Waals surface area contributed by atoms with E-state index in [-0.39, 0.29) is 0 Å². The van der Waals surface area contributed by atoms with Crippen LogP contribution in [0.25, 0.3) is 10.6 Å². The van der Waals surface area contributed by atoms with Crippen LogP contribution in [0.15, 0.2) is 12.1 Å². The molecular formula is C14H16N4S. The zero-order valence-corrected chi connectivity index (χ0v) is 12.1. The van der Waals surface area contributed by atoms with Crippen molar-refractivity contribution in [3.63, 3.8) is 0 Å². The third kappa shape index (κ3) is 2.91. The molecule has 0 unspecified atom stereocenters. The molecule has 0 spiro atoms. The van der Waals surface area contributed by atoms with Crippen molar-refractivity contribution in [3.8, 4) is 16.6 Å². The van der Waals surface area contributed by atoms with E-state index in [4.69, 9.17) is 5.26 Å². The first-order valence-corrected chi connectivity index (χ1v) is 7.06.